The summed E-state index contributed by atoms with van der Waals surface area (Å²) in [4.78, 5) is 3.75. The van der Waals surface area contributed by atoms with Crippen molar-refractivity contribution in [3.05, 3.63) is 52.6 Å². The normalized spacial score (nSPS) is 13.8. The van der Waals surface area contributed by atoms with Gasteiger partial charge >= 0.3 is 0 Å². The van der Waals surface area contributed by atoms with Crippen molar-refractivity contribution in [2.45, 2.75) is 58.8 Å². The number of ether oxygens (including phenoxy) is 1. The summed E-state index contributed by atoms with van der Waals surface area (Å²) >= 11 is 0. The van der Waals surface area contributed by atoms with Gasteiger partial charge in [-0.2, -0.15) is 0 Å². The fraction of sp³-hybridized carbons (Fsp3) is 0.417. The molecule has 1 heterocycles. The molecule has 1 aromatic heterocycles. The fourth-order valence-electron chi connectivity index (χ4n) is 4.41. The van der Waals surface area contributed by atoms with Crippen LogP contribution in [0.4, 0.5) is 0 Å². The van der Waals surface area contributed by atoms with Crippen molar-refractivity contribution >= 4 is 10.9 Å². The van der Waals surface area contributed by atoms with Gasteiger partial charge < -0.3 is 9.72 Å². The largest absolute Gasteiger partial charge is 0.496 e. The first-order valence-electron chi connectivity index (χ1n) is 9.47. The first kappa shape index (κ1) is 17.2. The first-order chi connectivity index (χ1) is 12.1. The van der Waals surface area contributed by atoms with Gasteiger partial charge in [0.25, 0.3) is 0 Å². The highest BCUT2D eigenvalue weighted by atomic mass is 16.5. The van der Waals surface area contributed by atoms with Gasteiger partial charge in [-0.1, -0.05) is 65.8 Å². The number of benzene rings is 2. The maximum absolute atomic E-state index is 6.03. The van der Waals surface area contributed by atoms with Crippen molar-refractivity contribution in [1.82, 2.24) is 4.98 Å². The van der Waals surface area contributed by atoms with E-state index in [1.807, 2.05) is 7.11 Å². The SMILES string of the molecule is COc1c(C(C)(C)C)cc2[nH]c3c(c2c1C(C)(C)C)Cc1ccccc1-3. The summed E-state index contributed by atoms with van der Waals surface area (Å²) in [6, 6.07) is 11.0. The molecule has 1 aliphatic rings. The molecular formula is C24H29NO. The molecule has 4 rings (SSSR count). The van der Waals surface area contributed by atoms with E-state index in [0.717, 1.165) is 12.2 Å². The Labute approximate surface area is 156 Å². The van der Waals surface area contributed by atoms with Crippen LogP contribution in [0.2, 0.25) is 0 Å². The molecule has 136 valence electrons. The molecule has 0 aliphatic heterocycles. The maximum Gasteiger partial charge on any atom is 0.127 e. The summed E-state index contributed by atoms with van der Waals surface area (Å²) in [5.41, 5.74) is 9.31. The topological polar surface area (TPSA) is 25.0 Å². The fourth-order valence-corrected chi connectivity index (χ4v) is 4.41. The highest BCUT2D eigenvalue weighted by molar-refractivity contribution is 5.99. The van der Waals surface area contributed by atoms with Crippen LogP contribution in [-0.2, 0) is 17.3 Å². The van der Waals surface area contributed by atoms with E-state index < -0.39 is 0 Å². The Morgan fingerprint density at radius 3 is 2.27 bits per heavy atom. The predicted octanol–water partition coefficient (Wildman–Crippen LogP) is 6.34. The lowest BCUT2D eigenvalue weighted by molar-refractivity contribution is 0.383. The van der Waals surface area contributed by atoms with Crippen LogP contribution in [0.25, 0.3) is 22.2 Å². The van der Waals surface area contributed by atoms with Gasteiger partial charge in [-0.05, 0) is 28.0 Å². The number of hydrogen-bond acceptors (Lipinski definition) is 1. The zero-order valence-electron chi connectivity index (χ0n) is 17.0. The second-order valence-corrected chi connectivity index (χ2v) is 9.57. The van der Waals surface area contributed by atoms with E-state index in [2.05, 4.69) is 76.9 Å². The van der Waals surface area contributed by atoms with Crippen LogP contribution in [0.1, 0.15) is 63.8 Å². The van der Waals surface area contributed by atoms with Crippen molar-refractivity contribution in [1.29, 1.82) is 0 Å². The van der Waals surface area contributed by atoms with Gasteiger partial charge in [0.05, 0.1) is 12.8 Å². The van der Waals surface area contributed by atoms with E-state index >= 15 is 0 Å². The first-order valence-corrected chi connectivity index (χ1v) is 9.47. The van der Waals surface area contributed by atoms with Crippen molar-refractivity contribution in [3.8, 4) is 17.0 Å². The van der Waals surface area contributed by atoms with E-state index in [0.29, 0.717) is 0 Å². The lowest BCUT2D eigenvalue weighted by Crippen LogP contribution is -2.19. The van der Waals surface area contributed by atoms with Crippen LogP contribution in [0.3, 0.4) is 0 Å². The Hall–Kier alpha value is -2.22. The number of fused-ring (bicyclic) bond motifs is 5. The van der Waals surface area contributed by atoms with E-state index in [1.165, 1.54) is 44.4 Å². The average Bonchev–Trinajstić information content (AvgIpc) is 3.07. The molecule has 0 fully saturated rings. The Morgan fingerprint density at radius 2 is 1.65 bits per heavy atom. The van der Waals surface area contributed by atoms with Gasteiger partial charge in [0.2, 0.25) is 0 Å². The summed E-state index contributed by atoms with van der Waals surface area (Å²) in [5, 5.41) is 1.36. The molecule has 1 N–H and O–H groups in total. The van der Waals surface area contributed by atoms with Crippen LogP contribution in [0, 0.1) is 0 Å². The van der Waals surface area contributed by atoms with E-state index in [-0.39, 0.29) is 10.8 Å². The number of nitrogens with one attached hydrogen (secondary N) is 1. The molecule has 2 heteroatoms. The minimum absolute atomic E-state index is 0.00437. The second-order valence-electron chi connectivity index (χ2n) is 9.57. The Kier molecular flexibility index (Phi) is 3.57. The van der Waals surface area contributed by atoms with Gasteiger partial charge in [-0.15, -0.1) is 0 Å². The highest BCUT2D eigenvalue weighted by Gasteiger charge is 2.33. The molecule has 26 heavy (non-hydrogen) atoms. The Balaban J connectivity index is 2.14. The van der Waals surface area contributed by atoms with Gasteiger partial charge in [0.1, 0.15) is 5.75 Å². The van der Waals surface area contributed by atoms with Crippen molar-refractivity contribution in [2.75, 3.05) is 7.11 Å². The average molecular weight is 348 g/mol. The third-order valence-electron chi connectivity index (χ3n) is 5.56. The molecule has 0 unspecified atom stereocenters. The minimum atomic E-state index is -0.00437. The smallest absolute Gasteiger partial charge is 0.127 e. The summed E-state index contributed by atoms with van der Waals surface area (Å²) in [7, 11) is 1.81. The molecule has 0 atom stereocenters. The zero-order valence-corrected chi connectivity index (χ0v) is 17.0. The molecule has 1 aliphatic carbocycles. The quantitative estimate of drug-likeness (QED) is 0.427. The number of aromatic amines is 1. The number of rotatable bonds is 1. The van der Waals surface area contributed by atoms with Crippen LogP contribution in [0.5, 0.6) is 5.75 Å². The summed E-state index contributed by atoms with van der Waals surface area (Å²) in [6.45, 7) is 13.6. The Morgan fingerprint density at radius 1 is 0.962 bits per heavy atom. The number of methoxy groups -OCH3 is 1. The van der Waals surface area contributed by atoms with Gasteiger partial charge in [-0.3, -0.25) is 0 Å². The molecule has 0 spiro atoms. The maximum atomic E-state index is 6.03. The Bertz CT molecular complexity index is 1010. The third kappa shape index (κ3) is 2.39. The molecule has 2 aromatic carbocycles. The molecule has 0 saturated carbocycles. The number of aromatic nitrogens is 1. The van der Waals surface area contributed by atoms with Crippen LogP contribution >= 0.6 is 0 Å². The molecular weight excluding hydrogens is 318 g/mol. The molecule has 0 bridgehead atoms. The van der Waals surface area contributed by atoms with Crippen LogP contribution in [0.15, 0.2) is 30.3 Å². The molecule has 0 saturated heterocycles. The van der Waals surface area contributed by atoms with Gasteiger partial charge in [0, 0.05) is 34.0 Å². The van der Waals surface area contributed by atoms with Crippen molar-refractivity contribution in [2.24, 2.45) is 0 Å². The van der Waals surface area contributed by atoms with Crippen LogP contribution < -0.4 is 4.74 Å². The summed E-state index contributed by atoms with van der Waals surface area (Å²) in [5.74, 6) is 1.05. The lowest BCUT2D eigenvalue weighted by Gasteiger charge is -2.30. The van der Waals surface area contributed by atoms with E-state index in [9.17, 15) is 0 Å². The van der Waals surface area contributed by atoms with Crippen LogP contribution in [-0.4, -0.2) is 12.1 Å². The number of H-pyrrole nitrogens is 1. The lowest BCUT2D eigenvalue weighted by atomic mass is 9.77. The van der Waals surface area contributed by atoms with Gasteiger partial charge in [0.15, 0.2) is 0 Å². The minimum Gasteiger partial charge on any atom is -0.496 e. The van der Waals surface area contributed by atoms with Crippen molar-refractivity contribution in [3.63, 3.8) is 0 Å². The highest BCUT2D eigenvalue weighted by Crippen LogP contribution is 2.49. The van der Waals surface area contributed by atoms with E-state index in [1.54, 1.807) is 0 Å². The third-order valence-corrected chi connectivity index (χ3v) is 5.56. The second kappa shape index (κ2) is 5.39. The zero-order chi connectivity index (χ0) is 18.9. The monoisotopic (exact) mass is 347 g/mol. The predicted molar refractivity (Wildman–Crippen MR) is 110 cm³/mol. The molecule has 3 aromatic rings. The molecule has 0 amide bonds. The number of hydrogen-bond donors (Lipinski definition) is 1. The van der Waals surface area contributed by atoms with Gasteiger partial charge in [-0.25, -0.2) is 0 Å². The summed E-state index contributed by atoms with van der Waals surface area (Å²) in [6.07, 6.45) is 0.993. The standard InChI is InChI=1S/C24H29NO/c1-23(2,3)17-13-18-19(20(22(17)26-7)24(4,5)6)16-12-14-10-8-9-11-15(14)21(16)25-18/h8-11,13,25H,12H2,1-7H3. The molecule has 0 radical (unpaired) electrons. The van der Waals surface area contributed by atoms with E-state index in [4.69, 9.17) is 4.74 Å². The summed E-state index contributed by atoms with van der Waals surface area (Å²) < 4.78 is 6.03. The van der Waals surface area contributed by atoms with Crippen molar-refractivity contribution < 1.29 is 4.74 Å². The molecule has 2 nitrogen and oxygen atoms in total.